The zero-order valence-electron chi connectivity index (χ0n) is 10.0. The van der Waals surface area contributed by atoms with Crippen LogP contribution in [0.5, 0.6) is 0 Å². The molecule has 0 aliphatic heterocycles. The largest absolute Gasteiger partial charge is 0.314 e. The third-order valence-electron chi connectivity index (χ3n) is 3.33. The maximum Gasteiger partial charge on any atom is 0.0178 e. The van der Waals surface area contributed by atoms with Crippen LogP contribution in [0.15, 0.2) is 22.7 Å². The minimum absolute atomic E-state index is 0.626. The fourth-order valence-corrected chi connectivity index (χ4v) is 2.80. The van der Waals surface area contributed by atoms with Gasteiger partial charge in [-0.15, -0.1) is 12.3 Å². The molecule has 0 aromatic heterocycles. The number of hydrogen-bond donors (Lipinski definition) is 1. The van der Waals surface area contributed by atoms with Crippen LogP contribution >= 0.6 is 15.9 Å². The van der Waals surface area contributed by atoms with E-state index in [0.29, 0.717) is 6.04 Å². The Morgan fingerprint density at radius 1 is 1.41 bits per heavy atom. The van der Waals surface area contributed by atoms with Crippen molar-refractivity contribution in [1.29, 1.82) is 0 Å². The maximum absolute atomic E-state index is 5.24. The molecule has 0 saturated heterocycles. The van der Waals surface area contributed by atoms with E-state index in [9.17, 15) is 0 Å². The van der Waals surface area contributed by atoms with E-state index >= 15 is 0 Å². The van der Waals surface area contributed by atoms with Gasteiger partial charge in [0.1, 0.15) is 0 Å². The summed E-state index contributed by atoms with van der Waals surface area (Å²) in [4.78, 5) is 0. The average Bonchev–Trinajstić information content (AvgIpc) is 2.35. The Morgan fingerprint density at radius 3 is 3.12 bits per heavy atom. The third-order valence-corrected chi connectivity index (χ3v) is 3.82. The molecule has 0 bridgehead atoms. The Morgan fingerprint density at radius 2 is 2.29 bits per heavy atom. The second-order valence-electron chi connectivity index (χ2n) is 4.61. The molecule has 1 atom stereocenters. The molecule has 1 unspecified atom stereocenters. The molecule has 0 saturated carbocycles. The van der Waals surface area contributed by atoms with Gasteiger partial charge >= 0.3 is 0 Å². The van der Waals surface area contributed by atoms with Crippen LogP contribution in [0.25, 0.3) is 0 Å². The summed E-state index contributed by atoms with van der Waals surface area (Å²) in [7, 11) is 0. The number of terminal acetylenes is 1. The van der Waals surface area contributed by atoms with E-state index < -0.39 is 0 Å². The molecule has 2 rings (SSSR count). The Bertz CT molecular complexity index is 419. The summed E-state index contributed by atoms with van der Waals surface area (Å²) >= 11 is 3.53. The van der Waals surface area contributed by atoms with Crippen LogP contribution in [-0.2, 0) is 12.8 Å². The van der Waals surface area contributed by atoms with Crippen molar-refractivity contribution in [1.82, 2.24) is 5.32 Å². The zero-order valence-corrected chi connectivity index (χ0v) is 11.6. The zero-order chi connectivity index (χ0) is 12.1. The van der Waals surface area contributed by atoms with Crippen molar-refractivity contribution in [3.05, 3.63) is 33.8 Å². The van der Waals surface area contributed by atoms with Gasteiger partial charge in [0.05, 0.1) is 0 Å². The second kappa shape index (κ2) is 6.23. The Labute approximate surface area is 112 Å². The summed E-state index contributed by atoms with van der Waals surface area (Å²) in [6, 6.07) is 7.26. The molecule has 1 nitrogen and oxygen atoms in total. The molecule has 2 heteroatoms. The van der Waals surface area contributed by atoms with Crippen molar-refractivity contribution >= 4 is 15.9 Å². The smallest absolute Gasteiger partial charge is 0.0178 e. The average molecular weight is 292 g/mol. The van der Waals surface area contributed by atoms with E-state index in [1.807, 2.05) is 0 Å². The molecule has 0 spiro atoms. The Balaban J connectivity index is 1.86. The number of rotatable bonds is 4. The van der Waals surface area contributed by atoms with Crippen molar-refractivity contribution in [2.24, 2.45) is 0 Å². The van der Waals surface area contributed by atoms with Gasteiger partial charge in [-0.05, 0) is 55.5 Å². The van der Waals surface area contributed by atoms with Gasteiger partial charge in [0, 0.05) is 16.9 Å². The van der Waals surface area contributed by atoms with Crippen molar-refractivity contribution in [3.63, 3.8) is 0 Å². The molecule has 17 heavy (non-hydrogen) atoms. The fraction of sp³-hybridized carbons (Fsp3) is 0.467. The number of hydrogen-bond acceptors (Lipinski definition) is 1. The van der Waals surface area contributed by atoms with Crippen LogP contribution in [0.2, 0.25) is 0 Å². The SMILES string of the molecule is C#CCCCNC1CCc2cc(Br)ccc2C1. The number of unbranched alkanes of at least 4 members (excludes halogenated alkanes) is 1. The van der Waals surface area contributed by atoms with Crippen LogP contribution in [0.3, 0.4) is 0 Å². The lowest BCUT2D eigenvalue weighted by Gasteiger charge is -2.25. The minimum atomic E-state index is 0.626. The molecule has 1 N–H and O–H groups in total. The lowest BCUT2D eigenvalue weighted by Crippen LogP contribution is -2.35. The lowest BCUT2D eigenvalue weighted by atomic mass is 9.88. The minimum Gasteiger partial charge on any atom is -0.314 e. The van der Waals surface area contributed by atoms with Crippen LogP contribution in [-0.4, -0.2) is 12.6 Å². The first-order valence-corrected chi connectivity index (χ1v) is 7.03. The third kappa shape index (κ3) is 3.59. The van der Waals surface area contributed by atoms with E-state index in [-0.39, 0.29) is 0 Å². The number of fused-ring (bicyclic) bond motifs is 1. The summed E-state index contributed by atoms with van der Waals surface area (Å²) in [5.41, 5.74) is 3.00. The van der Waals surface area contributed by atoms with Crippen molar-refractivity contribution in [2.75, 3.05) is 6.54 Å². The molecule has 0 fully saturated rings. The molecule has 0 heterocycles. The first kappa shape index (κ1) is 12.7. The van der Waals surface area contributed by atoms with Crippen LogP contribution < -0.4 is 5.32 Å². The summed E-state index contributed by atoms with van der Waals surface area (Å²) in [6.07, 6.45) is 10.8. The number of nitrogens with one attached hydrogen (secondary N) is 1. The van der Waals surface area contributed by atoms with E-state index in [0.717, 1.165) is 25.8 Å². The lowest BCUT2D eigenvalue weighted by molar-refractivity contribution is 0.456. The van der Waals surface area contributed by atoms with Crippen LogP contribution in [0.4, 0.5) is 0 Å². The topological polar surface area (TPSA) is 12.0 Å². The molecular formula is C15H18BrN. The van der Waals surface area contributed by atoms with E-state index in [1.165, 1.54) is 28.4 Å². The molecule has 1 aromatic rings. The van der Waals surface area contributed by atoms with Gasteiger partial charge in [0.25, 0.3) is 0 Å². The number of aryl methyl sites for hydroxylation is 1. The van der Waals surface area contributed by atoms with Gasteiger partial charge in [-0.1, -0.05) is 22.0 Å². The van der Waals surface area contributed by atoms with Crippen molar-refractivity contribution in [3.8, 4) is 12.3 Å². The van der Waals surface area contributed by atoms with Gasteiger partial charge in [-0.3, -0.25) is 0 Å². The summed E-state index contributed by atoms with van der Waals surface area (Å²) in [6.45, 7) is 1.04. The van der Waals surface area contributed by atoms with Gasteiger partial charge in [0.2, 0.25) is 0 Å². The van der Waals surface area contributed by atoms with Gasteiger partial charge in [0.15, 0.2) is 0 Å². The Kier molecular flexibility index (Phi) is 4.65. The molecule has 1 aliphatic carbocycles. The van der Waals surface area contributed by atoms with E-state index in [2.05, 4.69) is 45.4 Å². The van der Waals surface area contributed by atoms with Crippen LogP contribution in [0.1, 0.15) is 30.4 Å². The quantitative estimate of drug-likeness (QED) is 0.663. The highest BCUT2D eigenvalue weighted by Gasteiger charge is 2.17. The van der Waals surface area contributed by atoms with E-state index in [1.54, 1.807) is 0 Å². The normalized spacial score (nSPS) is 18.5. The van der Waals surface area contributed by atoms with Gasteiger partial charge in [-0.2, -0.15) is 0 Å². The van der Waals surface area contributed by atoms with Crippen molar-refractivity contribution in [2.45, 2.75) is 38.1 Å². The van der Waals surface area contributed by atoms with Gasteiger partial charge in [-0.25, -0.2) is 0 Å². The summed E-state index contributed by atoms with van der Waals surface area (Å²) < 4.78 is 1.19. The van der Waals surface area contributed by atoms with E-state index in [4.69, 9.17) is 6.42 Å². The van der Waals surface area contributed by atoms with Gasteiger partial charge < -0.3 is 5.32 Å². The fourth-order valence-electron chi connectivity index (χ4n) is 2.39. The summed E-state index contributed by atoms with van der Waals surface area (Å²) in [5, 5.41) is 3.60. The first-order valence-electron chi connectivity index (χ1n) is 6.24. The predicted molar refractivity (Wildman–Crippen MR) is 76.0 cm³/mol. The molecule has 1 aliphatic rings. The highest BCUT2D eigenvalue weighted by atomic mass is 79.9. The summed E-state index contributed by atoms with van der Waals surface area (Å²) in [5.74, 6) is 2.68. The Hall–Kier alpha value is -0.780. The second-order valence-corrected chi connectivity index (χ2v) is 5.53. The molecule has 1 aromatic carbocycles. The molecule has 0 amide bonds. The van der Waals surface area contributed by atoms with Crippen LogP contribution in [0, 0.1) is 12.3 Å². The number of halogens is 1. The highest BCUT2D eigenvalue weighted by Crippen LogP contribution is 2.24. The predicted octanol–water partition coefficient (Wildman–Crippen LogP) is 3.31. The standard InChI is InChI=1S/C15H18BrN/c1-2-3-4-9-17-15-8-6-12-10-14(16)7-5-13(12)11-15/h1,5,7,10,15,17H,3-4,6,8-9,11H2. The van der Waals surface area contributed by atoms with Crippen molar-refractivity contribution < 1.29 is 0 Å². The first-order chi connectivity index (χ1) is 8.29. The maximum atomic E-state index is 5.24. The number of benzene rings is 1. The molecule has 0 radical (unpaired) electrons. The molecule has 90 valence electrons. The highest BCUT2D eigenvalue weighted by molar-refractivity contribution is 9.10. The monoisotopic (exact) mass is 291 g/mol. The molecular weight excluding hydrogens is 274 g/mol.